The summed E-state index contributed by atoms with van der Waals surface area (Å²) in [6.07, 6.45) is 1.73. The highest BCUT2D eigenvalue weighted by atomic mass is 16.2. The van der Waals surface area contributed by atoms with Crippen molar-refractivity contribution in [3.05, 3.63) is 18.1 Å². The number of rotatable bonds is 1. The average Bonchev–Trinajstić information content (AvgIpc) is 2.25. The standard InChI is InChI=1S/C11H16N4O/c1-8-6-15(7-11(16)14(8)3)10-4-5-12-9(2)13-10/h4-5,8H,6-7H2,1-3H3. The van der Waals surface area contributed by atoms with Crippen LogP contribution in [0.2, 0.25) is 0 Å². The van der Waals surface area contributed by atoms with Crippen LogP contribution in [0.25, 0.3) is 0 Å². The first kappa shape index (κ1) is 10.9. The van der Waals surface area contributed by atoms with Crippen molar-refractivity contribution in [3.63, 3.8) is 0 Å². The highest BCUT2D eigenvalue weighted by Crippen LogP contribution is 2.16. The molecule has 1 fully saturated rings. The third-order valence-corrected chi connectivity index (χ3v) is 2.95. The van der Waals surface area contributed by atoms with Crippen molar-refractivity contribution in [1.29, 1.82) is 0 Å². The molecule has 0 N–H and O–H groups in total. The quantitative estimate of drug-likeness (QED) is 0.689. The Balaban J connectivity index is 2.20. The fourth-order valence-electron chi connectivity index (χ4n) is 1.82. The fourth-order valence-corrected chi connectivity index (χ4v) is 1.82. The van der Waals surface area contributed by atoms with E-state index in [0.717, 1.165) is 18.2 Å². The molecule has 1 aliphatic rings. The number of carbonyl (C=O) groups is 1. The van der Waals surface area contributed by atoms with E-state index in [1.807, 2.05) is 31.9 Å². The number of carbonyl (C=O) groups excluding carboxylic acids is 1. The summed E-state index contributed by atoms with van der Waals surface area (Å²) in [5, 5.41) is 0. The lowest BCUT2D eigenvalue weighted by molar-refractivity contribution is -0.131. The molecule has 1 aromatic rings. The van der Waals surface area contributed by atoms with Gasteiger partial charge in [-0.3, -0.25) is 4.79 Å². The lowest BCUT2D eigenvalue weighted by atomic mass is 10.2. The molecule has 1 saturated heterocycles. The number of likely N-dealkylation sites (N-methyl/N-ethyl adjacent to an activating group) is 1. The number of hydrogen-bond donors (Lipinski definition) is 0. The second-order valence-corrected chi connectivity index (χ2v) is 4.20. The molecule has 1 atom stereocenters. The van der Waals surface area contributed by atoms with Crippen molar-refractivity contribution in [2.75, 3.05) is 25.0 Å². The van der Waals surface area contributed by atoms with Gasteiger partial charge in [0.05, 0.1) is 6.54 Å². The van der Waals surface area contributed by atoms with E-state index in [9.17, 15) is 4.79 Å². The molecule has 5 heteroatoms. The summed E-state index contributed by atoms with van der Waals surface area (Å²) in [6, 6.07) is 2.06. The largest absolute Gasteiger partial charge is 0.345 e. The molecular weight excluding hydrogens is 204 g/mol. The van der Waals surface area contributed by atoms with E-state index in [2.05, 4.69) is 9.97 Å². The highest BCUT2D eigenvalue weighted by Gasteiger charge is 2.27. The SMILES string of the molecule is Cc1nccc(N2CC(=O)N(C)C(C)C2)n1. The first-order valence-corrected chi connectivity index (χ1v) is 5.38. The van der Waals surface area contributed by atoms with E-state index in [1.54, 1.807) is 11.1 Å². The zero-order chi connectivity index (χ0) is 11.7. The van der Waals surface area contributed by atoms with Gasteiger partial charge in [0, 0.05) is 25.8 Å². The zero-order valence-corrected chi connectivity index (χ0v) is 9.84. The topological polar surface area (TPSA) is 49.3 Å². The van der Waals surface area contributed by atoms with Gasteiger partial charge in [-0.05, 0) is 19.9 Å². The number of amides is 1. The molecule has 86 valence electrons. The third-order valence-electron chi connectivity index (χ3n) is 2.95. The van der Waals surface area contributed by atoms with Gasteiger partial charge in [0.1, 0.15) is 11.6 Å². The molecular formula is C11H16N4O. The molecule has 5 nitrogen and oxygen atoms in total. The van der Waals surface area contributed by atoms with Gasteiger partial charge in [-0.1, -0.05) is 0 Å². The van der Waals surface area contributed by atoms with Crippen molar-refractivity contribution in [2.45, 2.75) is 19.9 Å². The third kappa shape index (κ3) is 1.98. The van der Waals surface area contributed by atoms with Gasteiger partial charge in [-0.25, -0.2) is 9.97 Å². The molecule has 0 aromatic carbocycles. The minimum absolute atomic E-state index is 0.134. The lowest BCUT2D eigenvalue weighted by Gasteiger charge is -2.37. The molecule has 16 heavy (non-hydrogen) atoms. The molecule has 1 unspecified atom stereocenters. The van der Waals surface area contributed by atoms with Gasteiger partial charge >= 0.3 is 0 Å². The number of aromatic nitrogens is 2. The normalized spacial score (nSPS) is 21.4. The summed E-state index contributed by atoms with van der Waals surface area (Å²) in [6.45, 7) is 5.11. The predicted molar refractivity (Wildman–Crippen MR) is 61.2 cm³/mol. The van der Waals surface area contributed by atoms with Crippen molar-refractivity contribution < 1.29 is 4.79 Å². The average molecular weight is 220 g/mol. The fraction of sp³-hybridized carbons (Fsp3) is 0.545. The summed E-state index contributed by atoms with van der Waals surface area (Å²) in [5.74, 6) is 1.70. The van der Waals surface area contributed by atoms with Crippen LogP contribution in [0.1, 0.15) is 12.7 Å². The van der Waals surface area contributed by atoms with Gasteiger partial charge in [0.15, 0.2) is 0 Å². The van der Waals surface area contributed by atoms with Gasteiger partial charge in [0.25, 0.3) is 0 Å². The molecule has 0 saturated carbocycles. The van der Waals surface area contributed by atoms with Crippen molar-refractivity contribution in [1.82, 2.24) is 14.9 Å². The van der Waals surface area contributed by atoms with E-state index in [-0.39, 0.29) is 11.9 Å². The lowest BCUT2D eigenvalue weighted by Crippen LogP contribution is -2.53. The molecule has 0 spiro atoms. The Kier molecular flexibility index (Phi) is 2.77. The summed E-state index contributed by atoms with van der Waals surface area (Å²) >= 11 is 0. The second-order valence-electron chi connectivity index (χ2n) is 4.20. The van der Waals surface area contributed by atoms with Gasteiger partial charge in [-0.15, -0.1) is 0 Å². The summed E-state index contributed by atoms with van der Waals surface area (Å²) in [4.78, 5) is 23.9. The maximum atomic E-state index is 11.7. The van der Waals surface area contributed by atoms with Crippen LogP contribution in [0.5, 0.6) is 0 Å². The maximum Gasteiger partial charge on any atom is 0.242 e. The van der Waals surface area contributed by atoms with Gasteiger partial charge in [-0.2, -0.15) is 0 Å². The molecule has 1 aromatic heterocycles. The van der Waals surface area contributed by atoms with Crippen LogP contribution in [0.4, 0.5) is 5.82 Å². The van der Waals surface area contributed by atoms with Gasteiger partial charge < -0.3 is 9.80 Å². The van der Waals surface area contributed by atoms with Crippen molar-refractivity contribution in [3.8, 4) is 0 Å². The predicted octanol–water partition coefficient (Wildman–Crippen LogP) is 0.452. The van der Waals surface area contributed by atoms with E-state index < -0.39 is 0 Å². The maximum absolute atomic E-state index is 11.7. The van der Waals surface area contributed by atoms with E-state index in [4.69, 9.17) is 0 Å². The van der Waals surface area contributed by atoms with Crippen LogP contribution in [0, 0.1) is 6.92 Å². The summed E-state index contributed by atoms with van der Waals surface area (Å²) in [5.41, 5.74) is 0. The Morgan fingerprint density at radius 2 is 2.25 bits per heavy atom. The molecule has 0 aliphatic carbocycles. The highest BCUT2D eigenvalue weighted by molar-refractivity contribution is 5.82. The molecule has 1 amide bonds. The number of anilines is 1. The Labute approximate surface area is 95.1 Å². The van der Waals surface area contributed by atoms with Crippen LogP contribution >= 0.6 is 0 Å². The smallest absolute Gasteiger partial charge is 0.242 e. The second kappa shape index (κ2) is 4.08. The molecule has 0 radical (unpaired) electrons. The van der Waals surface area contributed by atoms with E-state index >= 15 is 0 Å². The Morgan fingerprint density at radius 1 is 1.50 bits per heavy atom. The van der Waals surface area contributed by atoms with Crippen LogP contribution in [0.3, 0.4) is 0 Å². The van der Waals surface area contributed by atoms with Crippen molar-refractivity contribution in [2.24, 2.45) is 0 Å². The Bertz CT molecular complexity index is 407. The molecule has 2 rings (SSSR count). The number of hydrogen-bond acceptors (Lipinski definition) is 4. The van der Waals surface area contributed by atoms with Crippen LogP contribution in [-0.2, 0) is 4.79 Å². The minimum atomic E-state index is 0.134. The number of piperazine rings is 1. The number of aryl methyl sites for hydroxylation is 1. The molecule has 2 heterocycles. The first-order valence-electron chi connectivity index (χ1n) is 5.38. The summed E-state index contributed by atoms with van der Waals surface area (Å²) < 4.78 is 0. The Hall–Kier alpha value is -1.65. The number of nitrogens with zero attached hydrogens (tertiary/aromatic N) is 4. The summed E-state index contributed by atoms with van der Waals surface area (Å²) in [7, 11) is 1.84. The molecule has 1 aliphatic heterocycles. The van der Waals surface area contributed by atoms with Crippen LogP contribution in [-0.4, -0.2) is 47.0 Å². The van der Waals surface area contributed by atoms with E-state index in [0.29, 0.717) is 6.54 Å². The molecule has 0 bridgehead atoms. The Morgan fingerprint density at radius 3 is 2.88 bits per heavy atom. The monoisotopic (exact) mass is 220 g/mol. The van der Waals surface area contributed by atoms with Gasteiger partial charge in [0.2, 0.25) is 5.91 Å². The van der Waals surface area contributed by atoms with Crippen LogP contribution in [0.15, 0.2) is 12.3 Å². The van der Waals surface area contributed by atoms with Crippen molar-refractivity contribution >= 4 is 11.7 Å². The zero-order valence-electron chi connectivity index (χ0n) is 9.84. The van der Waals surface area contributed by atoms with Crippen LogP contribution < -0.4 is 4.90 Å². The minimum Gasteiger partial charge on any atom is -0.345 e. The first-order chi connectivity index (χ1) is 7.58. The van der Waals surface area contributed by atoms with E-state index in [1.165, 1.54) is 0 Å².